The molecule has 0 radical (unpaired) electrons. The van der Waals surface area contributed by atoms with Crippen LogP contribution in [0.1, 0.15) is 40.5 Å². The van der Waals surface area contributed by atoms with E-state index in [1.54, 1.807) is 0 Å². The van der Waals surface area contributed by atoms with Crippen molar-refractivity contribution in [3.05, 3.63) is 23.8 Å². The van der Waals surface area contributed by atoms with Crippen LogP contribution in [-0.2, 0) is 14.4 Å². The predicted molar refractivity (Wildman–Crippen MR) is 92.6 cm³/mol. The Kier molecular flexibility index (Phi) is 6.31. The molecule has 1 rings (SSSR count). The fourth-order valence-corrected chi connectivity index (χ4v) is 2.26. The van der Waals surface area contributed by atoms with Gasteiger partial charge in [-0.3, -0.25) is 14.4 Å². The topological polar surface area (TPSA) is 127 Å². The van der Waals surface area contributed by atoms with Crippen LogP contribution in [0.3, 0.4) is 0 Å². The Labute approximate surface area is 142 Å². The number of carbonyl (C=O) groups excluding carboxylic acids is 3. The molecule has 134 valence electrons. The Morgan fingerprint density at radius 3 is 2.42 bits per heavy atom. The molecule has 0 spiro atoms. The second kappa shape index (κ2) is 7.61. The van der Waals surface area contributed by atoms with E-state index in [1.165, 1.54) is 20.8 Å². The van der Waals surface area contributed by atoms with Crippen LogP contribution in [-0.4, -0.2) is 35.8 Å². The number of hydrogen-bond donors (Lipinski definition) is 4. The Hall–Kier alpha value is -2.15. The smallest absolute Gasteiger partial charge is 0.243 e. The predicted octanol–water partition coefficient (Wildman–Crippen LogP) is 0.113. The summed E-state index contributed by atoms with van der Waals surface area (Å²) in [5.41, 5.74) is 10.7. The largest absolute Gasteiger partial charge is 0.368 e. The number of primary amides is 1. The van der Waals surface area contributed by atoms with E-state index in [9.17, 15) is 14.4 Å². The number of carbonyl (C=O) groups is 3. The second-order valence-corrected chi connectivity index (χ2v) is 7.11. The van der Waals surface area contributed by atoms with Gasteiger partial charge in [0.25, 0.3) is 0 Å². The number of allylic oxidation sites excluding steroid dienone is 2. The number of amides is 3. The summed E-state index contributed by atoms with van der Waals surface area (Å²) >= 11 is 0. The average molecular weight is 336 g/mol. The minimum atomic E-state index is -1.19. The van der Waals surface area contributed by atoms with Crippen LogP contribution in [0.4, 0.5) is 0 Å². The molecule has 0 saturated carbocycles. The highest BCUT2D eigenvalue weighted by atomic mass is 16.2. The number of rotatable bonds is 7. The first-order chi connectivity index (χ1) is 11.0. The fourth-order valence-electron chi connectivity index (χ4n) is 2.26. The molecular formula is C17H28N4O3. The summed E-state index contributed by atoms with van der Waals surface area (Å²) in [7, 11) is 0. The zero-order valence-corrected chi connectivity index (χ0v) is 14.8. The van der Waals surface area contributed by atoms with Crippen molar-refractivity contribution in [1.29, 1.82) is 0 Å². The van der Waals surface area contributed by atoms with E-state index >= 15 is 0 Å². The zero-order valence-electron chi connectivity index (χ0n) is 14.8. The van der Waals surface area contributed by atoms with Crippen molar-refractivity contribution in [3.8, 4) is 0 Å². The molecule has 0 heterocycles. The lowest BCUT2D eigenvalue weighted by molar-refractivity contribution is -0.133. The van der Waals surface area contributed by atoms with Gasteiger partial charge in [0.2, 0.25) is 17.7 Å². The van der Waals surface area contributed by atoms with Gasteiger partial charge in [-0.2, -0.15) is 0 Å². The molecule has 1 aliphatic rings. The molecule has 2 atom stereocenters. The van der Waals surface area contributed by atoms with Crippen molar-refractivity contribution < 1.29 is 14.4 Å². The van der Waals surface area contributed by atoms with Gasteiger partial charge >= 0.3 is 0 Å². The molecule has 7 nitrogen and oxygen atoms in total. The Bertz CT molecular complexity index is 580. The summed E-state index contributed by atoms with van der Waals surface area (Å²) < 4.78 is 0. The first-order valence-electron chi connectivity index (χ1n) is 7.96. The SMILES string of the molecule is CC(=O)N[C@@H](CC1=CCC(C)(CN)C=C1)C(=O)NC(C)(C)C(N)=O. The van der Waals surface area contributed by atoms with Gasteiger partial charge in [0.15, 0.2) is 0 Å². The summed E-state index contributed by atoms with van der Waals surface area (Å²) in [5, 5.41) is 5.20. The van der Waals surface area contributed by atoms with Gasteiger partial charge in [-0.15, -0.1) is 0 Å². The fraction of sp³-hybridized carbons (Fsp3) is 0.588. The highest BCUT2D eigenvalue weighted by Crippen LogP contribution is 2.29. The van der Waals surface area contributed by atoms with Crippen LogP contribution >= 0.6 is 0 Å². The van der Waals surface area contributed by atoms with Gasteiger partial charge in [0.05, 0.1) is 0 Å². The van der Waals surface area contributed by atoms with Gasteiger partial charge in [-0.1, -0.05) is 25.2 Å². The Balaban J connectivity index is 2.84. The van der Waals surface area contributed by atoms with Crippen LogP contribution < -0.4 is 22.1 Å². The highest BCUT2D eigenvalue weighted by Gasteiger charge is 2.31. The van der Waals surface area contributed by atoms with Crippen molar-refractivity contribution in [3.63, 3.8) is 0 Å². The number of nitrogens with two attached hydrogens (primary N) is 2. The molecule has 0 fully saturated rings. The van der Waals surface area contributed by atoms with Gasteiger partial charge in [-0.25, -0.2) is 0 Å². The molecule has 0 aromatic rings. The van der Waals surface area contributed by atoms with Gasteiger partial charge in [-0.05, 0) is 25.8 Å². The molecule has 24 heavy (non-hydrogen) atoms. The van der Waals surface area contributed by atoms with E-state index in [-0.39, 0.29) is 11.3 Å². The summed E-state index contributed by atoms with van der Waals surface area (Å²) in [4.78, 5) is 35.2. The molecular weight excluding hydrogens is 308 g/mol. The molecule has 0 aliphatic heterocycles. The molecule has 6 N–H and O–H groups in total. The van der Waals surface area contributed by atoms with Crippen molar-refractivity contribution in [2.45, 2.75) is 52.1 Å². The molecule has 1 aliphatic carbocycles. The summed E-state index contributed by atoms with van der Waals surface area (Å²) in [6, 6.07) is -0.778. The van der Waals surface area contributed by atoms with Crippen molar-refractivity contribution in [2.24, 2.45) is 16.9 Å². The number of hydrogen-bond acceptors (Lipinski definition) is 4. The molecule has 0 aromatic carbocycles. The third-order valence-electron chi connectivity index (χ3n) is 4.18. The monoisotopic (exact) mass is 336 g/mol. The Morgan fingerprint density at radius 1 is 1.38 bits per heavy atom. The van der Waals surface area contributed by atoms with E-state index in [0.29, 0.717) is 13.0 Å². The molecule has 3 amide bonds. The normalized spacial score (nSPS) is 21.6. The molecule has 0 aromatic heterocycles. The van der Waals surface area contributed by atoms with E-state index < -0.39 is 23.4 Å². The van der Waals surface area contributed by atoms with Crippen molar-refractivity contribution >= 4 is 17.7 Å². The first-order valence-corrected chi connectivity index (χ1v) is 7.96. The van der Waals surface area contributed by atoms with Crippen LogP contribution in [0.15, 0.2) is 23.8 Å². The molecule has 1 unspecified atom stereocenters. The van der Waals surface area contributed by atoms with E-state index in [0.717, 1.165) is 12.0 Å². The maximum absolute atomic E-state index is 12.5. The summed E-state index contributed by atoms with van der Waals surface area (Å²) in [6.45, 7) is 6.98. The Morgan fingerprint density at radius 2 is 2.00 bits per heavy atom. The maximum atomic E-state index is 12.5. The number of nitrogens with one attached hydrogen (secondary N) is 2. The second-order valence-electron chi connectivity index (χ2n) is 7.11. The minimum Gasteiger partial charge on any atom is -0.368 e. The van der Waals surface area contributed by atoms with Crippen LogP contribution in [0.5, 0.6) is 0 Å². The summed E-state index contributed by atoms with van der Waals surface area (Å²) in [5.74, 6) is -1.41. The average Bonchev–Trinajstić information content (AvgIpc) is 2.48. The quantitative estimate of drug-likeness (QED) is 0.526. The lowest BCUT2D eigenvalue weighted by Gasteiger charge is -2.29. The van der Waals surface area contributed by atoms with E-state index in [2.05, 4.69) is 17.6 Å². The van der Waals surface area contributed by atoms with Crippen molar-refractivity contribution in [1.82, 2.24) is 10.6 Å². The maximum Gasteiger partial charge on any atom is 0.243 e. The third kappa shape index (κ3) is 5.49. The summed E-state index contributed by atoms with van der Waals surface area (Å²) in [6.07, 6.45) is 7.08. The van der Waals surface area contributed by atoms with Gasteiger partial charge in [0.1, 0.15) is 11.6 Å². The van der Waals surface area contributed by atoms with E-state index in [4.69, 9.17) is 11.5 Å². The first kappa shape index (κ1) is 19.9. The lowest BCUT2D eigenvalue weighted by Crippen LogP contribution is -2.58. The van der Waals surface area contributed by atoms with Crippen LogP contribution in [0.25, 0.3) is 0 Å². The van der Waals surface area contributed by atoms with Crippen LogP contribution in [0, 0.1) is 5.41 Å². The van der Waals surface area contributed by atoms with Crippen molar-refractivity contribution in [2.75, 3.05) is 6.54 Å². The molecule has 0 bridgehead atoms. The van der Waals surface area contributed by atoms with Gasteiger partial charge in [0, 0.05) is 25.3 Å². The third-order valence-corrected chi connectivity index (χ3v) is 4.18. The highest BCUT2D eigenvalue weighted by molar-refractivity contribution is 5.93. The minimum absolute atomic E-state index is 0.0801. The zero-order chi connectivity index (χ0) is 18.5. The van der Waals surface area contributed by atoms with E-state index in [1.807, 2.05) is 18.2 Å². The van der Waals surface area contributed by atoms with Crippen LogP contribution in [0.2, 0.25) is 0 Å². The molecule has 7 heteroatoms. The lowest BCUT2D eigenvalue weighted by atomic mass is 9.81. The van der Waals surface area contributed by atoms with Gasteiger partial charge < -0.3 is 22.1 Å². The molecule has 0 saturated heterocycles. The standard InChI is InChI=1S/C17H28N4O3/c1-11(22)20-13(14(23)21-16(2,3)15(19)24)9-12-5-7-17(4,10-18)8-6-12/h5-7,13H,8-10,18H2,1-4H3,(H2,19,24)(H,20,22)(H,21,23)/t13-,17?/m0/s1.